The van der Waals surface area contributed by atoms with Crippen LogP contribution in [-0.4, -0.2) is 23.0 Å². The number of anilines is 1. The van der Waals surface area contributed by atoms with Crippen LogP contribution < -0.4 is 4.90 Å². The molecule has 17 heavy (non-hydrogen) atoms. The van der Waals surface area contributed by atoms with Crippen LogP contribution in [0.2, 0.25) is 0 Å². The smallest absolute Gasteiger partial charge is 0.327 e. The van der Waals surface area contributed by atoms with Gasteiger partial charge in [0.15, 0.2) is 0 Å². The second-order valence-corrected chi connectivity index (χ2v) is 3.94. The zero-order valence-electron chi connectivity index (χ0n) is 9.30. The van der Waals surface area contributed by atoms with E-state index in [0.29, 0.717) is 12.1 Å². The lowest BCUT2D eigenvalue weighted by Crippen LogP contribution is -2.42. The number of rotatable bonds is 3. The van der Waals surface area contributed by atoms with Gasteiger partial charge in [-0.2, -0.15) is 0 Å². The maximum Gasteiger partial charge on any atom is 0.327 e. The minimum atomic E-state index is -0.974. The Bertz CT molecular complexity index is 481. The Kier molecular flexibility index (Phi) is 2.95. The summed E-state index contributed by atoms with van der Waals surface area (Å²) in [5.41, 5.74) is 1.60. The van der Waals surface area contributed by atoms with Crippen molar-refractivity contribution in [3.05, 3.63) is 42.5 Å². The molecule has 88 valence electrons. The maximum absolute atomic E-state index is 11.9. The predicted molar refractivity (Wildman–Crippen MR) is 63.9 cm³/mol. The highest BCUT2D eigenvalue weighted by Crippen LogP contribution is 2.32. The molecular formula is C13H13NO3. The average Bonchev–Trinajstić information content (AvgIpc) is 2.68. The fraction of sp³-hybridized carbons (Fsp3) is 0.231. The van der Waals surface area contributed by atoms with Gasteiger partial charge in [0.1, 0.15) is 6.04 Å². The van der Waals surface area contributed by atoms with E-state index in [-0.39, 0.29) is 12.3 Å². The van der Waals surface area contributed by atoms with Crippen LogP contribution in [-0.2, 0) is 16.0 Å². The SMILES string of the molecule is C=CCC(=O)N1c2ccccc2C[C@H]1C(=O)O. The topological polar surface area (TPSA) is 57.6 Å². The Hall–Kier alpha value is -2.10. The first kappa shape index (κ1) is 11.4. The number of hydrogen-bond donors (Lipinski definition) is 1. The molecule has 0 bridgehead atoms. The molecule has 0 aromatic heterocycles. The Labute approximate surface area is 99.2 Å². The highest BCUT2D eigenvalue weighted by Gasteiger charge is 2.37. The van der Waals surface area contributed by atoms with E-state index in [2.05, 4.69) is 6.58 Å². The monoisotopic (exact) mass is 231 g/mol. The summed E-state index contributed by atoms with van der Waals surface area (Å²) in [6.07, 6.45) is 2.01. The van der Waals surface area contributed by atoms with Crippen molar-refractivity contribution >= 4 is 17.6 Å². The lowest BCUT2D eigenvalue weighted by molar-refractivity contribution is -0.139. The van der Waals surface area contributed by atoms with Crippen LogP contribution in [0, 0.1) is 0 Å². The first-order valence-electron chi connectivity index (χ1n) is 5.39. The van der Waals surface area contributed by atoms with E-state index in [1.807, 2.05) is 12.1 Å². The second kappa shape index (κ2) is 4.41. The van der Waals surface area contributed by atoms with Crippen molar-refractivity contribution in [2.45, 2.75) is 18.9 Å². The number of carbonyl (C=O) groups is 2. The molecule has 1 atom stereocenters. The van der Waals surface area contributed by atoms with E-state index in [0.717, 1.165) is 5.56 Å². The van der Waals surface area contributed by atoms with Gasteiger partial charge in [0.2, 0.25) is 5.91 Å². The molecule has 0 radical (unpaired) electrons. The number of nitrogens with zero attached hydrogens (tertiary/aromatic N) is 1. The summed E-state index contributed by atoms with van der Waals surface area (Å²) in [7, 11) is 0. The second-order valence-electron chi connectivity index (χ2n) is 3.94. The molecule has 0 aliphatic carbocycles. The van der Waals surface area contributed by atoms with Crippen molar-refractivity contribution in [3.8, 4) is 0 Å². The molecule has 1 heterocycles. The van der Waals surface area contributed by atoms with Crippen LogP contribution >= 0.6 is 0 Å². The van der Waals surface area contributed by atoms with Crippen molar-refractivity contribution in [2.75, 3.05) is 4.90 Å². The van der Waals surface area contributed by atoms with Crippen LogP contribution in [0.4, 0.5) is 5.69 Å². The van der Waals surface area contributed by atoms with Gasteiger partial charge in [0, 0.05) is 18.5 Å². The average molecular weight is 231 g/mol. The Morgan fingerprint density at radius 3 is 2.82 bits per heavy atom. The molecule has 4 nitrogen and oxygen atoms in total. The first-order chi connectivity index (χ1) is 8.15. The van der Waals surface area contributed by atoms with Gasteiger partial charge >= 0.3 is 5.97 Å². The van der Waals surface area contributed by atoms with Gasteiger partial charge in [-0.05, 0) is 11.6 Å². The summed E-state index contributed by atoms with van der Waals surface area (Å²) in [6, 6.07) is 6.49. The highest BCUT2D eigenvalue weighted by atomic mass is 16.4. The maximum atomic E-state index is 11.9. The minimum absolute atomic E-state index is 0.151. The minimum Gasteiger partial charge on any atom is -0.480 e. The third-order valence-corrected chi connectivity index (χ3v) is 2.85. The van der Waals surface area contributed by atoms with Crippen LogP contribution in [0.1, 0.15) is 12.0 Å². The number of hydrogen-bond acceptors (Lipinski definition) is 2. The molecule has 1 amide bonds. The van der Waals surface area contributed by atoms with Crippen LogP contribution in [0.15, 0.2) is 36.9 Å². The zero-order valence-corrected chi connectivity index (χ0v) is 9.30. The predicted octanol–water partition coefficient (Wildman–Crippen LogP) is 1.60. The largest absolute Gasteiger partial charge is 0.480 e. The van der Waals surface area contributed by atoms with E-state index in [1.54, 1.807) is 12.1 Å². The molecule has 4 heteroatoms. The van der Waals surface area contributed by atoms with E-state index >= 15 is 0 Å². The summed E-state index contributed by atoms with van der Waals surface area (Å²) in [4.78, 5) is 24.4. The Balaban J connectivity index is 2.40. The van der Waals surface area contributed by atoms with Crippen molar-refractivity contribution < 1.29 is 14.7 Å². The van der Waals surface area contributed by atoms with Gasteiger partial charge in [0.25, 0.3) is 0 Å². The van der Waals surface area contributed by atoms with E-state index < -0.39 is 12.0 Å². The van der Waals surface area contributed by atoms with Gasteiger partial charge in [-0.25, -0.2) is 4.79 Å². The van der Waals surface area contributed by atoms with Gasteiger partial charge in [-0.15, -0.1) is 6.58 Å². The van der Waals surface area contributed by atoms with Crippen molar-refractivity contribution in [1.82, 2.24) is 0 Å². The van der Waals surface area contributed by atoms with E-state index in [9.17, 15) is 9.59 Å². The number of aliphatic carboxylic acids is 1. The van der Waals surface area contributed by atoms with Crippen molar-refractivity contribution in [2.24, 2.45) is 0 Å². The summed E-state index contributed by atoms with van der Waals surface area (Å²) in [6.45, 7) is 3.50. The molecule has 2 rings (SSSR count). The summed E-state index contributed by atoms with van der Waals surface area (Å²) >= 11 is 0. The molecule has 1 aliphatic heterocycles. The molecule has 1 aromatic rings. The van der Waals surface area contributed by atoms with E-state index in [1.165, 1.54) is 11.0 Å². The fourth-order valence-electron chi connectivity index (χ4n) is 2.11. The molecule has 1 N–H and O–H groups in total. The number of fused-ring (bicyclic) bond motifs is 1. The number of carboxylic acids is 1. The molecule has 0 fully saturated rings. The van der Waals surface area contributed by atoms with Gasteiger partial charge < -0.3 is 5.11 Å². The van der Waals surface area contributed by atoms with Crippen LogP contribution in [0.5, 0.6) is 0 Å². The zero-order chi connectivity index (χ0) is 12.4. The molecular weight excluding hydrogens is 218 g/mol. The number of amides is 1. The molecule has 0 saturated carbocycles. The number of para-hydroxylation sites is 1. The molecule has 1 aliphatic rings. The number of carbonyl (C=O) groups excluding carboxylic acids is 1. The van der Waals surface area contributed by atoms with Gasteiger partial charge in [-0.3, -0.25) is 9.69 Å². The Morgan fingerprint density at radius 2 is 2.18 bits per heavy atom. The summed E-state index contributed by atoms with van der Waals surface area (Å²) in [5, 5.41) is 9.15. The van der Waals surface area contributed by atoms with Gasteiger partial charge in [0.05, 0.1) is 0 Å². The summed E-state index contributed by atoms with van der Waals surface area (Å²) in [5.74, 6) is -1.20. The standard InChI is InChI=1S/C13H13NO3/c1-2-5-12(15)14-10-7-4-3-6-9(10)8-11(14)13(16)17/h2-4,6-7,11H,1,5,8H2,(H,16,17)/t11-/m0/s1. The quantitative estimate of drug-likeness (QED) is 0.804. The highest BCUT2D eigenvalue weighted by molar-refractivity contribution is 6.02. The van der Waals surface area contributed by atoms with E-state index in [4.69, 9.17) is 5.11 Å². The number of benzene rings is 1. The lowest BCUT2D eigenvalue weighted by Gasteiger charge is -2.21. The molecule has 0 saturated heterocycles. The Morgan fingerprint density at radius 1 is 1.47 bits per heavy atom. The number of carboxylic acid groups (broad SMARTS) is 1. The van der Waals surface area contributed by atoms with Crippen LogP contribution in [0.3, 0.4) is 0 Å². The normalized spacial score (nSPS) is 17.6. The lowest BCUT2D eigenvalue weighted by atomic mass is 10.1. The third kappa shape index (κ3) is 1.93. The fourth-order valence-corrected chi connectivity index (χ4v) is 2.11. The molecule has 0 spiro atoms. The van der Waals surface area contributed by atoms with Gasteiger partial charge in [-0.1, -0.05) is 24.3 Å². The molecule has 1 aromatic carbocycles. The first-order valence-corrected chi connectivity index (χ1v) is 5.39. The molecule has 0 unspecified atom stereocenters. The van der Waals surface area contributed by atoms with Crippen LogP contribution in [0.25, 0.3) is 0 Å². The van der Waals surface area contributed by atoms with Crippen molar-refractivity contribution in [3.63, 3.8) is 0 Å². The summed E-state index contributed by atoms with van der Waals surface area (Å²) < 4.78 is 0. The third-order valence-electron chi connectivity index (χ3n) is 2.85. The van der Waals surface area contributed by atoms with Crippen molar-refractivity contribution in [1.29, 1.82) is 0 Å².